The Bertz CT molecular complexity index is 993. The van der Waals surface area contributed by atoms with Crippen molar-refractivity contribution in [2.45, 2.75) is 26.3 Å². The molecule has 3 aromatic rings. The molecule has 2 heterocycles. The lowest BCUT2D eigenvalue weighted by Gasteiger charge is -2.16. The number of hydrogen-bond donors (Lipinski definition) is 1. The number of aromatic nitrogens is 1. The van der Waals surface area contributed by atoms with Gasteiger partial charge in [-0.1, -0.05) is 42.0 Å². The van der Waals surface area contributed by atoms with Crippen molar-refractivity contribution in [3.8, 4) is 10.6 Å². The number of anilines is 1. The molecule has 0 spiro atoms. The maximum absolute atomic E-state index is 12.4. The van der Waals surface area contributed by atoms with Gasteiger partial charge in [-0.05, 0) is 31.0 Å². The molecule has 1 N–H and O–H groups in total. The van der Waals surface area contributed by atoms with Crippen molar-refractivity contribution in [2.24, 2.45) is 0 Å². The van der Waals surface area contributed by atoms with Crippen LogP contribution in [0.2, 0.25) is 0 Å². The van der Waals surface area contributed by atoms with Gasteiger partial charge in [0.25, 0.3) is 5.91 Å². The summed E-state index contributed by atoms with van der Waals surface area (Å²) >= 11 is 1.47. The normalized spacial score (nSPS) is 13.8. The van der Waals surface area contributed by atoms with E-state index in [1.54, 1.807) is 5.38 Å². The fraction of sp³-hybridized carbons (Fsp3) is 0.227. The fourth-order valence-electron chi connectivity index (χ4n) is 3.19. The summed E-state index contributed by atoms with van der Waals surface area (Å²) < 4.78 is 0. The van der Waals surface area contributed by atoms with Gasteiger partial charge in [-0.2, -0.15) is 0 Å². The third-order valence-electron chi connectivity index (χ3n) is 4.81. The number of rotatable bonds is 5. The Morgan fingerprint density at radius 1 is 1.14 bits per heavy atom. The quantitative estimate of drug-likeness (QED) is 0.710. The molecule has 1 aliphatic rings. The summed E-state index contributed by atoms with van der Waals surface area (Å²) in [6, 6.07) is 15.9. The van der Waals surface area contributed by atoms with E-state index in [1.807, 2.05) is 60.4 Å². The molecule has 6 heteroatoms. The highest BCUT2D eigenvalue weighted by Gasteiger charge is 2.21. The molecule has 4 rings (SSSR count). The number of carbonyl (C=O) groups excluding carboxylic acids is 2. The lowest BCUT2D eigenvalue weighted by Crippen LogP contribution is -2.24. The molecule has 0 saturated carbocycles. The number of benzene rings is 2. The summed E-state index contributed by atoms with van der Waals surface area (Å²) in [5, 5.41) is 5.53. The Balaban J connectivity index is 1.37. The summed E-state index contributed by atoms with van der Waals surface area (Å²) in [7, 11) is 0. The summed E-state index contributed by atoms with van der Waals surface area (Å²) in [5.41, 5.74) is 4.54. The van der Waals surface area contributed by atoms with Crippen molar-refractivity contribution >= 4 is 28.8 Å². The van der Waals surface area contributed by atoms with Gasteiger partial charge in [0.1, 0.15) is 10.7 Å². The first-order chi connectivity index (χ1) is 13.6. The highest BCUT2D eigenvalue weighted by molar-refractivity contribution is 7.13. The second kappa shape index (κ2) is 7.94. The second-order valence-electron chi connectivity index (χ2n) is 6.90. The molecule has 0 radical (unpaired) electrons. The van der Waals surface area contributed by atoms with Crippen LogP contribution in [0.1, 0.15) is 34.5 Å². The summed E-state index contributed by atoms with van der Waals surface area (Å²) in [6.45, 7) is 3.24. The van der Waals surface area contributed by atoms with Crippen LogP contribution >= 0.6 is 11.3 Å². The Morgan fingerprint density at radius 3 is 2.57 bits per heavy atom. The molecule has 1 saturated heterocycles. The molecule has 1 fully saturated rings. The largest absolute Gasteiger partial charge is 0.347 e. The second-order valence-corrected chi connectivity index (χ2v) is 7.76. The van der Waals surface area contributed by atoms with E-state index >= 15 is 0 Å². The predicted molar refractivity (Wildman–Crippen MR) is 111 cm³/mol. The number of thiazole rings is 1. The van der Waals surface area contributed by atoms with Crippen LogP contribution < -0.4 is 10.2 Å². The van der Waals surface area contributed by atoms with E-state index in [0.29, 0.717) is 18.7 Å². The minimum Gasteiger partial charge on any atom is -0.347 e. The van der Waals surface area contributed by atoms with E-state index in [-0.39, 0.29) is 11.8 Å². The Kier molecular flexibility index (Phi) is 5.21. The number of carbonyl (C=O) groups is 2. The van der Waals surface area contributed by atoms with Gasteiger partial charge in [-0.15, -0.1) is 11.3 Å². The standard InChI is InChI=1S/C22H21N3O2S/c1-15-4-8-17(9-5-15)22-24-19(14-28-22)21(27)23-13-16-6-10-18(11-7-16)25-12-2-3-20(25)26/h4-11,14H,2-3,12-13H2,1H3,(H,23,27). The van der Waals surface area contributed by atoms with Gasteiger partial charge in [0.05, 0.1) is 0 Å². The van der Waals surface area contributed by atoms with Crippen molar-refractivity contribution in [1.29, 1.82) is 0 Å². The highest BCUT2D eigenvalue weighted by atomic mass is 32.1. The minimum absolute atomic E-state index is 0.175. The van der Waals surface area contributed by atoms with Crippen molar-refractivity contribution in [1.82, 2.24) is 10.3 Å². The first kappa shape index (κ1) is 18.4. The minimum atomic E-state index is -0.187. The van der Waals surface area contributed by atoms with Crippen molar-refractivity contribution in [2.75, 3.05) is 11.4 Å². The number of nitrogens with one attached hydrogen (secondary N) is 1. The number of nitrogens with zero attached hydrogens (tertiary/aromatic N) is 2. The molecule has 5 nitrogen and oxygen atoms in total. The zero-order chi connectivity index (χ0) is 19.5. The summed E-state index contributed by atoms with van der Waals surface area (Å²) in [6.07, 6.45) is 1.53. The smallest absolute Gasteiger partial charge is 0.271 e. The predicted octanol–water partition coefficient (Wildman–Crippen LogP) is 4.18. The Hall–Kier alpha value is -2.99. The van der Waals surface area contributed by atoms with Crippen LogP contribution in [0.4, 0.5) is 5.69 Å². The zero-order valence-electron chi connectivity index (χ0n) is 15.6. The van der Waals surface area contributed by atoms with E-state index in [2.05, 4.69) is 10.3 Å². The summed E-state index contributed by atoms with van der Waals surface area (Å²) in [5.74, 6) is -0.0117. The molecule has 0 unspecified atom stereocenters. The molecular weight excluding hydrogens is 370 g/mol. The number of amides is 2. The van der Waals surface area contributed by atoms with Gasteiger partial charge in [0.15, 0.2) is 0 Å². The fourth-order valence-corrected chi connectivity index (χ4v) is 4.00. The van der Waals surface area contributed by atoms with Crippen LogP contribution in [0.3, 0.4) is 0 Å². The summed E-state index contributed by atoms with van der Waals surface area (Å²) in [4.78, 5) is 30.5. The molecule has 0 bridgehead atoms. The van der Waals surface area contributed by atoms with Gasteiger partial charge >= 0.3 is 0 Å². The molecule has 1 aliphatic heterocycles. The van der Waals surface area contributed by atoms with E-state index in [0.717, 1.165) is 34.8 Å². The van der Waals surface area contributed by atoms with Crippen LogP contribution in [0.25, 0.3) is 10.6 Å². The maximum atomic E-state index is 12.4. The van der Waals surface area contributed by atoms with Crippen LogP contribution in [0, 0.1) is 6.92 Å². The van der Waals surface area contributed by atoms with Gasteiger partial charge < -0.3 is 10.2 Å². The maximum Gasteiger partial charge on any atom is 0.271 e. The lowest BCUT2D eigenvalue weighted by atomic mass is 10.2. The Labute approximate surface area is 168 Å². The average molecular weight is 391 g/mol. The van der Waals surface area contributed by atoms with Crippen LogP contribution in [-0.4, -0.2) is 23.3 Å². The van der Waals surface area contributed by atoms with Gasteiger partial charge in [0.2, 0.25) is 5.91 Å². The lowest BCUT2D eigenvalue weighted by molar-refractivity contribution is -0.117. The molecule has 0 aliphatic carbocycles. The molecular formula is C22H21N3O2S. The number of hydrogen-bond acceptors (Lipinski definition) is 4. The van der Waals surface area contributed by atoms with Gasteiger partial charge in [-0.3, -0.25) is 9.59 Å². The molecule has 142 valence electrons. The SMILES string of the molecule is Cc1ccc(-c2nc(C(=O)NCc3ccc(N4CCCC4=O)cc3)cs2)cc1. The third kappa shape index (κ3) is 3.97. The average Bonchev–Trinajstić information content (AvgIpc) is 3.37. The third-order valence-corrected chi connectivity index (χ3v) is 5.70. The molecule has 2 aromatic carbocycles. The molecule has 1 aromatic heterocycles. The Morgan fingerprint density at radius 2 is 1.89 bits per heavy atom. The van der Waals surface area contributed by atoms with Crippen molar-refractivity contribution in [3.63, 3.8) is 0 Å². The van der Waals surface area contributed by atoms with Gasteiger partial charge in [0, 0.05) is 36.1 Å². The zero-order valence-corrected chi connectivity index (χ0v) is 16.5. The van der Waals surface area contributed by atoms with E-state index < -0.39 is 0 Å². The van der Waals surface area contributed by atoms with Gasteiger partial charge in [-0.25, -0.2) is 4.98 Å². The van der Waals surface area contributed by atoms with Crippen LogP contribution in [0.15, 0.2) is 53.9 Å². The van der Waals surface area contributed by atoms with Crippen molar-refractivity contribution < 1.29 is 9.59 Å². The first-order valence-electron chi connectivity index (χ1n) is 9.30. The number of aryl methyl sites for hydroxylation is 1. The topological polar surface area (TPSA) is 62.3 Å². The monoisotopic (exact) mass is 391 g/mol. The van der Waals surface area contributed by atoms with E-state index in [4.69, 9.17) is 0 Å². The van der Waals surface area contributed by atoms with Crippen LogP contribution in [-0.2, 0) is 11.3 Å². The first-order valence-corrected chi connectivity index (χ1v) is 10.2. The molecule has 28 heavy (non-hydrogen) atoms. The van der Waals surface area contributed by atoms with Crippen LogP contribution in [0.5, 0.6) is 0 Å². The van der Waals surface area contributed by atoms with Crippen molar-refractivity contribution in [3.05, 3.63) is 70.7 Å². The molecule has 0 atom stereocenters. The van der Waals surface area contributed by atoms with E-state index in [1.165, 1.54) is 16.9 Å². The highest BCUT2D eigenvalue weighted by Crippen LogP contribution is 2.24. The molecule has 2 amide bonds. The van der Waals surface area contributed by atoms with E-state index in [9.17, 15) is 9.59 Å².